The van der Waals surface area contributed by atoms with Crippen LogP contribution in [0.5, 0.6) is 0 Å². The largest absolute Gasteiger partial charge is 0.475 e. The van der Waals surface area contributed by atoms with Gasteiger partial charge in [0.1, 0.15) is 0 Å². The van der Waals surface area contributed by atoms with Crippen LogP contribution in [0, 0.1) is 0 Å². The number of rotatable bonds is 10. The van der Waals surface area contributed by atoms with Crippen LogP contribution < -0.4 is 4.72 Å². The van der Waals surface area contributed by atoms with Gasteiger partial charge in [-0.05, 0) is 44.2 Å². The number of Topliss-reactive ketones (excluding diaryl/α,β-unsaturated/α-hetero) is 1. The average Bonchev–Trinajstić information content (AvgIpc) is 2.64. The molecule has 10 heteroatoms. The number of ether oxygens (including phenoxy) is 2. The van der Waals surface area contributed by atoms with Crippen molar-refractivity contribution in [2.24, 2.45) is 0 Å². The summed E-state index contributed by atoms with van der Waals surface area (Å²) in [5, 5.41) is 8.21. The number of aliphatic carboxylic acids is 1. The van der Waals surface area contributed by atoms with Gasteiger partial charge in [0.25, 0.3) is 15.8 Å². The van der Waals surface area contributed by atoms with Crippen molar-refractivity contribution in [3.63, 3.8) is 0 Å². The Labute approximate surface area is 151 Å². The molecular weight excluding hydrogens is 364 g/mol. The molecule has 0 bridgehead atoms. The number of aromatic nitrogens is 1. The van der Waals surface area contributed by atoms with Crippen LogP contribution in [0.3, 0.4) is 0 Å². The Balaban J connectivity index is 1.81. The van der Waals surface area contributed by atoms with Crippen LogP contribution in [0.25, 0.3) is 0 Å². The van der Waals surface area contributed by atoms with E-state index in [-0.39, 0.29) is 12.8 Å². The summed E-state index contributed by atoms with van der Waals surface area (Å²) in [7, 11) is -4.09. The van der Waals surface area contributed by atoms with Crippen LogP contribution in [0.1, 0.15) is 42.5 Å². The molecule has 0 saturated carbocycles. The minimum Gasteiger partial charge on any atom is -0.475 e. The zero-order valence-electron chi connectivity index (χ0n) is 14.2. The van der Waals surface area contributed by atoms with Crippen molar-refractivity contribution in [1.82, 2.24) is 9.71 Å². The Bertz CT molecular complexity index is 730. The van der Waals surface area contributed by atoms with E-state index in [1.54, 1.807) is 0 Å². The number of hydrogen-bond donors (Lipinski definition) is 2. The first-order valence-corrected chi connectivity index (χ1v) is 9.85. The molecule has 0 aromatic carbocycles. The lowest BCUT2D eigenvalue weighted by Gasteiger charge is -2.22. The Morgan fingerprint density at radius 3 is 2.85 bits per heavy atom. The van der Waals surface area contributed by atoms with E-state index in [9.17, 15) is 18.0 Å². The van der Waals surface area contributed by atoms with Crippen molar-refractivity contribution in [3.05, 3.63) is 23.9 Å². The van der Waals surface area contributed by atoms with Gasteiger partial charge in [-0.1, -0.05) is 0 Å². The first-order chi connectivity index (χ1) is 12.4. The molecule has 0 spiro atoms. The molecule has 1 aromatic rings. The van der Waals surface area contributed by atoms with E-state index in [0.717, 1.165) is 25.3 Å². The quantitative estimate of drug-likeness (QED) is 0.345. The molecule has 2 heterocycles. The number of unbranched alkanes of at least 4 members (excludes halogenated alkanes) is 1. The fourth-order valence-corrected chi connectivity index (χ4v) is 3.65. The third-order valence-electron chi connectivity index (χ3n) is 3.77. The standard InChI is InChI=1S/C16H22N2O7S/c19-14(16(20)21)12-6-5-8-17-15(12)26(22,23)18-9-2-4-11-25-13-7-1-3-10-24-13/h5-6,8,13,18H,1-4,7,9-11H2,(H,20,21). The summed E-state index contributed by atoms with van der Waals surface area (Å²) in [5.41, 5.74) is -0.467. The lowest BCUT2D eigenvalue weighted by molar-refractivity contribution is -0.162. The summed E-state index contributed by atoms with van der Waals surface area (Å²) in [6, 6.07) is 2.43. The van der Waals surface area contributed by atoms with E-state index in [1.165, 1.54) is 12.3 Å². The lowest BCUT2D eigenvalue weighted by atomic mass is 10.2. The summed E-state index contributed by atoms with van der Waals surface area (Å²) < 4.78 is 37.9. The van der Waals surface area contributed by atoms with Gasteiger partial charge >= 0.3 is 5.97 Å². The first-order valence-electron chi connectivity index (χ1n) is 8.37. The van der Waals surface area contributed by atoms with Gasteiger partial charge in [-0.15, -0.1) is 0 Å². The van der Waals surface area contributed by atoms with Gasteiger partial charge in [0.05, 0.1) is 5.56 Å². The van der Waals surface area contributed by atoms with Crippen LogP contribution in [-0.4, -0.2) is 56.3 Å². The molecule has 9 nitrogen and oxygen atoms in total. The molecule has 1 aromatic heterocycles. The number of hydrogen-bond acceptors (Lipinski definition) is 7. The smallest absolute Gasteiger partial charge is 0.377 e. The van der Waals surface area contributed by atoms with Crippen LogP contribution >= 0.6 is 0 Å². The maximum atomic E-state index is 12.3. The third kappa shape index (κ3) is 5.84. The Hall–Kier alpha value is -1.88. The third-order valence-corrected chi connectivity index (χ3v) is 5.19. The Morgan fingerprint density at radius 2 is 2.15 bits per heavy atom. The highest BCUT2D eigenvalue weighted by Gasteiger charge is 2.26. The summed E-state index contributed by atoms with van der Waals surface area (Å²) >= 11 is 0. The SMILES string of the molecule is O=C(O)C(=O)c1cccnc1S(=O)(=O)NCCCCOC1CCCCO1. The maximum Gasteiger partial charge on any atom is 0.377 e. The van der Waals surface area contributed by atoms with E-state index < -0.39 is 32.4 Å². The van der Waals surface area contributed by atoms with Crippen LogP contribution in [0.4, 0.5) is 0 Å². The predicted octanol–water partition coefficient (Wildman–Crippen LogP) is 0.951. The number of carbonyl (C=O) groups excluding carboxylic acids is 1. The summed E-state index contributed by atoms with van der Waals surface area (Å²) in [6.45, 7) is 1.28. The van der Waals surface area contributed by atoms with Crippen molar-refractivity contribution >= 4 is 21.8 Å². The normalized spacial score (nSPS) is 17.8. The fourth-order valence-electron chi connectivity index (χ4n) is 2.45. The average molecular weight is 386 g/mol. The molecular formula is C16H22N2O7S. The molecule has 144 valence electrons. The number of ketones is 1. The van der Waals surface area contributed by atoms with Gasteiger partial charge < -0.3 is 14.6 Å². The molecule has 1 fully saturated rings. The second kappa shape index (κ2) is 9.72. The zero-order chi connectivity index (χ0) is 19.0. The zero-order valence-corrected chi connectivity index (χ0v) is 15.0. The second-order valence-electron chi connectivity index (χ2n) is 5.76. The summed E-state index contributed by atoms with van der Waals surface area (Å²) in [4.78, 5) is 26.1. The van der Waals surface area contributed by atoms with Crippen molar-refractivity contribution in [2.75, 3.05) is 19.8 Å². The molecule has 1 aliphatic rings. The molecule has 1 unspecified atom stereocenters. The number of pyridine rings is 1. The van der Waals surface area contributed by atoms with Gasteiger partial charge in [0, 0.05) is 26.0 Å². The molecule has 0 aliphatic carbocycles. The van der Waals surface area contributed by atoms with E-state index in [1.807, 2.05) is 0 Å². The minimum absolute atomic E-state index is 0.120. The predicted molar refractivity (Wildman–Crippen MR) is 90.2 cm³/mol. The molecule has 26 heavy (non-hydrogen) atoms. The number of carboxylic acid groups (broad SMARTS) is 1. The second-order valence-corrected chi connectivity index (χ2v) is 7.44. The van der Waals surface area contributed by atoms with Crippen LogP contribution in [-0.2, 0) is 24.3 Å². The van der Waals surface area contributed by atoms with Crippen molar-refractivity contribution < 1.29 is 32.6 Å². The van der Waals surface area contributed by atoms with Gasteiger partial charge in [0.2, 0.25) is 0 Å². The van der Waals surface area contributed by atoms with Crippen molar-refractivity contribution in [1.29, 1.82) is 0 Å². The highest BCUT2D eigenvalue weighted by molar-refractivity contribution is 7.89. The monoisotopic (exact) mass is 386 g/mol. The van der Waals surface area contributed by atoms with E-state index in [0.29, 0.717) is 26.1 Å². The fraction of sp³-hybridized carbons (Fsp3) is 0.562. The molecule has 1 atom stereocenters. The van der Waals surface area contributed by atoms with Crippen molar-refractivity contribution in [3.8, 4) is 0 Å². The number of nitrogens with zero attached hydrogens (tertiary/aromatic N) is 1. The number of nitrogens with one attached hydrogen (secondary N) is 1. The van der Waals surface area contributed by atoms with Crippen molar-refractivity contribution in [2.45, 2.75) is 43.4 Å². The van der Waals surface area contributed by atoms with E-state index in [4.69, 9.17) is 14.6 Å². The highest BCUT2D eigenvalue weighted by atomic mass is 32.2. The summed E-state index contributed by atoms with van der Waals surface area (Å²) in [5.74, 6) is -3.06. The molecule has 0 amide bonds. The first kappa shape index (κ1) is 20.4. The lowest BCUT2D eigenvalue weighted by Crippen LogP contribution is -2.29. The molecule has 1 saturated heterocycles. The Morgan fingerprint density at radius 1 is 1.35 bits per heavy atom. The van der Waals surface area contributed by atoms with Gasteiger partial charge in [-0.2, -0.15) is 0 Å². The van der Waals surface area contributed by atoms with Crippen LogP contribution in [0.2, 0.25) is 0 Å². The Kier molecular flexibility index (Phi) is 7.64. The number of sulfonamides is 1. The molecule has 2 rings (SSSR count). The number of carboxylic acids is 1. The minimum atomic E-state index is -4.09. The van der Waals surface area contributed by atoms with Crippen LogP contribution in [0.15, 0.2) is 23.4 Å². The topological polar surface area (TPSA) is 132 Å². The summed E-state index contributed by atoms with van der Waals surface area (Å²) in [6.07, 6.45) is 5.14. The maximum absolute atomic E-state index is 12.3. The molecule has 2 N–H and O–H groups in total. The molecule has 1 aliphatic heterocycles. The van der Waals surface area contributed by atoms with Gasteiger partial charge in [-0.25, -0.2) is 22.9 Å². The van der Waals surface area contributed by atoms with E-state index in [2.05, 4.69) is 9.71 Å². The molecule has 0 radical (unpaired) electrons. The highest BCUT2D eigenvalue weighted by Crippen LogP contribution is 2.15. The van der Waals surface area contributed by atoms with Gasteiger partial charge in [0.15, 0.2) is 11.3 Å². The van der Waals surface area contributed by atoms with E-state index >= 15 is 0 Å². The van der Waals surface area contributed by atoms with Gasteiger partial charge in [-0.3, -0.25) is 4.79 Å². The number of carbonyl (C=O) groups is 2.